The number of phenols is 1. The van der Waals surface area contributed by atoms with Crippen LogP contribution >= 0.6 is 0 Å². The van der Waals surface area contributed by atoms with Crippen molar-refractivity contribution in [2.45, 2.75) is 19.8 Å². The van der Waals surface area contributed by atoms with Crippen LogP contribution in [0.15, 0.2) is 24.3 Å². The molecule has 1 aliphatic heterocycles. The molecule has 0 spiro atoms. The van der Waals surface area contributed by atoms with Gasteiger partial charge in [-0.15, -0.1) is 0 Å². The van der Waals surface area contributed by atoms with E-state index in [2.05, 4.69) is 5.10 Å². The van der Waals surface area contributed by atoms with Crippen molar-refractivity contribution in [3.05, 3.63) is 41.2 Å². The zero-order valence-electron chi connectivity index (χ0n) is 9.26. The van der Waals surface area contributed by atoms with Crippen molar-refractivity contribution in [2.75, 3.05) is 0 Å². The summed E-state index contributed by atoms with van der Waals surface area (Å²) in [5, 5.41) is 14.3. The maximum atomic E-state index is 9.84. The molecule has 1 aliphatic rings. The van der Waals surface area contributed by atoms with Crippen molar-refractivity contribution in [3.8, 4) is 11.4 Å². The fourth-order valence-electron chi connectivity index (χ4n) is 2.11. The number of nitrogens with zero attached hydrogens (tertiary/aromatic N) is 2. The van der Waals surface area contributed by atoms with Crippen molar-refractivity contribution in [3.63, 3.8) is 0 Å². The first-order valence-electron chi connectivity index (χ1n) is 5.47. The number of rotatable bonds is 2. The van der Waals surface area contributed by atoms with Crippen LogP contribution in [-0.4, -0.2) is 14.9 Å². The van der Waals surface area contributed by atoms with Gasteiger partial charge in [0.25, 0.3) is 0 Å². The molecule has 88 valence electrons. The largest absolute Gasteiger partial charge is 0.506 e. The van der Waals surface area contributed by atoms with Gasteiger partial charge in [0.15, 0.2) is 0 Å². The summed E-state index contributed by atoms with van der Waals surface area (Å²) in [6.45, 7) is 1.44. The van der Waals surface area contributed by atoms with Gasteiger partial charge < -0.3 is 15.6 Å². The molecule has 17 heavy (non-hydrogen) atoms. The molecule has 2 heterocycles. The molecule has 0 amide bonds. The third-order valence-corrected chi connectivity index (χ3v) is 2.96. The SMILES string of the molecule is NCc1nn(-c2ccccc2O)c2c1COC2. The first kappa shape index (κ1) is 10.3. The van der Waals surface area contributed by atoms with E-state index in [1.54, 1.807) is 16.8 Å². The van der Waals surface area contributed by atoms with Gasteiger partial charge in [-0.05, 0) is 12.1 Å². The van der Waals surface area contributed by atoms with Gasteiger partial charge >= 0.3 is 0 Å². The van der Waals surface area contributed by atoms with Crippen LogP contribution in [0, 0.1) is 0 Å². The summed E-state index contributed by atoms with van der Waals surface area (Å²) in [4.78, 5) is 0. The van der Waals surface area contributed by atoms with Crippen LogP contribution in [-0.2, 0) is 24.5 Å². The summed E-state index contributed by atoms with van der Waals surface area (Å²) in [5.41, 5.74) is 9.18. The normalized spacial score (nSPS) is 13.9. The van der Waals surface area contributed by atoms with E-state index in [1.165, 1.54) is 0 Å². The summed E-state index contributed by atoms with van der Waals surface area (Å²) < 4.78 is 7.12. The molecule has 0 unspecified atom stereocenters. The molecule has 2 aromatic rings. The molecule has 3 rings (SSSR count). The Morgan fingerprint density at radius 1 is 1.35 bits per heavy atom. The summed E-state index contributed by atoms with van der Waals surface area (Å²) in [5.74, 6) is 0.202. The predicted molar refractivity (Wildman–Crippen MR) is 61.6 cm³/mol. The van der Waals surface area contributed by atoms with E-state index < -0.39 is 0 Å². The lowest BCUT2D eigenvalue weighted by molar-refractivity contribution is 0.130. The Bertz CT molecular complexity index is 563. The average Bonchev–Trinajstić information content (AvgIpc) is 2.91. The Morgan fingerprint density at radius 3 is 2.94 bits per heavy atom. The van der Waals surface area contributed by atoms with Crippen LogP contribution in [0.3, 0.4) is 0 Å². The minimum atomic E-state index is 0.202. The molecule has 0 aliphatic carbocycles. The molecular formula is C12H13N3O2. The van der Waals surface area contributed by atoms with Crippen LogP contribution in [0.1, 0.15) is 17.0 Å². The average molecular weight is 231 g/mol. The van der Waals surface area contributed by atoms with Crippen LogP contribution in [0.4, 0.5) is 0 Å². The molecule has 1 aromatic heterocycles. The van der Waals surface area contributed by atoms with Crippen molar-refractivity contribution in [1.29, 1.82) is 0 Å². The molecular weight excluding hydrogens is 218 g/mol. The highest BCUT2D eigenvalue weighted by Crippen LogP contribution is 2.29. The molecule has 0 saturated carbocycles. The first-order chi connectivity index (χ1) is 8.31. The lowest BCUT2D eigenvalue weighted by atomic mass is 10.2. The van der Waals surface area contributed by atoms with Crippen LogP contribution in [0.25, 0.3) is 5.69 Å². The minimum Gasteiger partial charge on any atom is -0.506 e. The van der Waals surface area contributed by atoms with Gasteiger partial charge in [-0.25, -0.2) is 4.68 Å². The van der Waals surface area contributed by atoms with Gasteiger partial charge in [-0.1, -0.05) is 12.1 Å². The number of ether oxygens (including phenoxy) is 1. The van der Waals surface area contributed by atoms with Crippen molar-refractivity contribution >= 4 is 0 Å². The zero-order valence-corrected chi connectivity index (χ0v) is 9.26. The lowest BCUT2D eigenvalue weighted by Crippen LogP contribution is -2.04. The van der Waals surface area contributed by atoms with Crippen LogP contribution in [0.2, 0.25) is 0 Å². The fraction of sp³-hybridized carbons (Fsp3) is 0.250. The summed E-state index contributed by atoms with van der Waals surface area (Å²) in [7, 11) is 0. The van der Waals surface area contributed by atoms with Crippen molar-refractivity contribution in [1.82, 2.24) is 9.78 Å². The molecule has 5 nitrogen and oxygen atoms in total. The fourth-order valence-corrected chi connectivity index (χ4v) is 2.11. The standard InChI is InChI=1S/C12H13N3O2/c13-5-9-8-6-17-7-11(8)15(14-9)10-3-1-2-4-12(10)16/h1-4,16H,5-7,13H2. The van der Waals surface area contributed by atoms with Gasteiger partial charge in [0, 0.05) is 12.1 Å². The smallest absolute Gasteiger partial charge is 0.141 e. The monoisotopic (exact) mass is 231 g/mol. The maximum Gasteiger partial charge on any atom is 0.141 e. The number of hydrogen-bond acceptors (Lipinski definition) is 4. The molecule has 5 heteroatoms. The number of hydrogen-bond donors (Lipinski definition) is 2. The molecule has 0 fully saturated rings. The third kappa shape index (κ3) is 1.51. The van der Waals surface area contributed by atoms with Gasteiger partial charge in [0.05, 0.1) is 24.6 Å². The molecule has 3 N–H and O–H groups in total. The number of phenolic OH excluding ortho intramolecular Hbond substituents is 1. The Kier molecular flexibility index (Phi) is 2.35. The van der Waals surface area contributed by atoms with Crippen molar-refractivity contribution < 1.29 is 9.84 Å². The van der Waals surface area contributed by atoms with Crippen molar-refractivity contribution in [2.24, 2.45) is 5.73 Å². The van der Waals surface area contributed by atoms with Crippen LogP contribution < -0.4 is 5.73 Å². The van der Waals surface area contributed by atoms with E-state index in [-0.39, 0.29) is 5.75 Å². The van der Waals surface area contributed by atoms with Gasteiger partial charge in [-0.2, -0.15) is 5.10 Å². The second-order valence-electron chi connectivity index (χ2n) is 3.97. The molecule has 0 bridgehead atoms. The van der Waals surface area contributed by atoms with Gasteiger partial charge in [0.2, 0.25) is 0 Å². The highest BCUT2D eigenvalue weighted by molar-refractivity contribution is 5.47. The van der Waals surface area contributed by atoms with E-state index in [4.69, 9.17) is 10.5 Å². The number of nitrogens with two attached hydrogens (primary N) is 1. The zero-order chi connectivity index (χ0) is 11.8. The van der Waals surface area contributed by atoms with Crippen LogP contribution in [0.5, 0.6) is 5.75 Å². The Hall–Kier alpha value is -1.85. The number of aromatic nitrogens is 2. The Morgan fingerprint density at radius 2 is 2.18 bits per heavy atom. The summed E-state index contributed by atoms with van der Waals surface area (Å²) in [6.07, 6.45) is 0. The molecule has 1 aromatic carbocycles. The molecule has 0 saturated heterocycles. The minimum absolute atomic E-state index is 0.202. The summed E-state index contributed by atoms with van der Waals surface area (Å²) in [6, 6.07) is 7.10. The number of para-hydroxylation sites is 2. The van der Waals surface area contributed by atoms with Gasteiger partial charge in [0.1, 0.15) is 11.4 Å². The summed E-state index contributed by atoms with van der Waals surface area (Å²) >= 11 is 0. The third-order valence-electron chi connectivity index (χ3n) is 2.96. The Balaban J connectivity index is 2.19. The second-order valence-corrected chi connectivity index (χ2v) is 3.97. The second kappa shape index (κ2) is 3.87. The molecule has 0 radical (unpaired) electrons. The van der Waals surface area contributed by atoms with Gasteiger partial charge in [-0.3, -0.25) is 0 Å². The predicted octanol–water partition coefficient (Wildman–Crippen LogP) is 1.07. The van der Waals surface area contributed by atoms with E-state index >= 15 is 0 Å². The quantitative estimate of drug-likeness (QED) is 0.810. The topological polar surface area (TPSA) is 73.3 Å². The van der Waals surface area contributed by atoms with E-state index in [0.717, 1.165) is 17.0 Å². The Labute approximate surface area is 98.4 Å². The highest BCUT2D eigenvalue weighted by Gasteiger charge is 2.23. The van der Waals surface area contributed by atoms with E-state index in [0.29, 0.717) is 25.4 Å². The number of fused-ring (bicyclic) bond motifs is 1. The van der Waals surface area contributed by atoms with E-state index in [9.17, 15) is 5.11 Å². The first-order valence-corrected chi connectivity index (χ1v) is 5.47. The number of aromatic hydroxyl groups is 1. The highest BCUT2D eigenvalue weighted by atomic mass is 16.5. The lowest BCUT2D eigenvalue weighted by Gasteiger charge is -2.06. The molecule has 0 atom stereocenters. The van der Waals surface area contributed by atoms with E-state index in [1.807, 2.05) is 12.1 Å². The number of benzene rings is 1. The maximum absolute atomic E-state index is 9.84.